The zero-order valence-corrected chi connectivity index (χ0v) is 55.5. The lowest BCUT2D eigenvalue weighted by molar-refractivity contribution is -0.372. The van der Waals surface area contributed by atoms with Gasteiger partial charge >= 0.3 is 6.09 Å². The van der Waals surface area contributed by atoms with E-state index < -0.39 is 189 Å². The molecule has 2 saturated heterocycles. The Morgan fingerprint density at radius 1 is 0.802 bits per heavy atom. The second-order valence-corrected chi connectivity index (χ2v) is 27.3. The highest BCUT2D eigenvalue weighted by atomic mass is 32.2. The van der Waals surface area contributed by atoms with Crippen LogP contribution in [-0.2, 0) is 65.0 Å². The number of nitrogens with one attached hydrogen (secondary N) is 6. The Labute approximate surface area is 560 Å². The molecular weight excluding hydrogens is 1330 g/mol. The van der Waals surface area contributed by atoms with Crippen molar-refractivity contribution in [3.63, 3.8) is 0 Å². The summed E-state index contributed by atoms with van der Waals surface area (Å²) in [6, 6.07) is -6.20. The molecule has 2 aliphatic heterocycles. The third kappa shape index (κ3) is 20.7. The molecule has 0 bridgehead atoms. The van der Waals surface area contributed by atoms with Crippen LogP contribution in [0.25, 0.3) is 10.7 Å². The molecular formula is C56H85N16O21S3+. The van der Waals surface area contributed by atoms with Gasteiger partial charge in [-0.3, -0.25) is 33.6 Å². The number of nitrogen functional groups attached to an aromatic ring is 1. The molecule has 532 valence electrons. The van der Waals surface area contributed by atoms with Crippen LogP contribution in [0, 0.1) is 18.8 Å². The number of anilines is 1. The first-order chi connectivity index (χ1) is 45.3. The van der Waals surface area contributed by atoms with Crippen molar-refractivity contribution in [2.24, 2.45) is 34.8 Å². The molecule has 0 radical (unpaired) electrons. The van der Waals surface area contributed by atoms with Crippen LogP contribution in [-0.4, -0.2) is 261 Å². The first-order valence-electron chi connectivity index (χ1n) is 30.1. The molecule has 4 aromatic rings. The summed E-state index contributed by atoms with van der Waals surface area (Å²) in [5, 5.41) is 106. The summed E-state index contributed by atoms with van der Waals surface area (Å²) < 4.78 is 28.8. The van der Waals surface area contributed by atoms with Crippen LogP contribution in [0.15, 0.2) is 23.3 Å². The highest BCUT2D eigenvalue weighted by Gasteiger charge is 2.54. The molecule has 0 aromatic carbocycles. The van der Waals surface area contributed by atoms with Gasteiger partial charge in [-0.1, -0.05) is 6.92 Å². The number of aromatic amines is 1. The molecule has 40 heteroatoms. The van der Waals surface area contributed by atoms with Gasteiger partial charge in [0.15, 0.2) is 18.7 Å². The van der Waals surface area contributed by atoms with Crippen molar-refractivity contribution in [1.82, 2.24) is 56.5 Å². The Bertz CT molecular complexity index is 3280. The Morgan fingerprint density at radius 2 is 1.49 bits per heavy atom. The monoisotopic (exact) mass is 1410 g/mol. The molecule has 10 unspecified atom stereocenters. The largest absolute Gasteiger partial charge is 0.441 e. The fourth-order valence-electron chi connectivity index (χ4n) is 10.1. The van der Waals surface area contributed by atoms with Gasteiger partial charge < -0.3 is 125 Å². The number of ketones is 1. The van der Waals surface area contributed by atoms with Gasteiger partial charge in [0.25, 0.3) is 11.8 Å². The number of nitrogens with zero attached hydrogens (tertiary/aromatic N) is 5. The van der Waals surface area contributed by atoms with E-state index in [4.69, 9.17) is 52.4 Å². The topological polar surface area (TPSA) is 615 Å². The van der Waals surface area contributed by atoms with Crippen molar-refractivity contribution in [2.45, 2.75) is 157 Å². The average Bonchev–Trinajstić information content (AvgIpc) is 0.885. The Balaban J connectivity index is 1.26. The number of imidazole rings is 1. The second-order valence-electron chi connectivity index (χ2n) is 23.1. The van der Waals surface area contributed by atoms with Gasteiger partial charge in [0.05, 0.1) is 85.2 Å². The molecule has 6 heterocycles. The lowest BCUT2D eigenvalue weighted by atomic mass is 9.87. The molecule has 37 nitrogen and oxygen atoms in total. The van der Waals surface area contributed by atoms with Crippen molar-refractivity contribution in [2.75, 3.05) is 56.8 Å². The quantitative estimate of drug-likeness (QED) is 0.0149. The number of ether oxygens (including phenoxy) is 5. The fraction of sp³-hybridized carbons (Fsp3) is 0.625. The molecule has 7 amide bonds. The maximum Gasteiger partial charge on any atom is 0.404 e. The standard InChI is InChI=1S/C56H84N16O21S3/c1-21(31(76)12-25(24(4)75)49(84)64-10-8-35-68-30(19-94-35)53-69-29(18-95-53)50(85)63-9-7-11-96(5)6)38(78)23(3)67-52(87)37(71-51(86)36-22(2)46(59)72-48(70-36)27(13-34(58)77)65-14-26(57)47(60)83)43(28-15-62-20-66-28)91-55-45(41(81)39(79)32(16-73)90-55)92-54-42(82)44(93-56(61)88)40(80)33(17-74)89-54/h15,18-21,23-27,32-33,37-45,54-55,65,73-75,78-82H,7-14,16-17,57H2,1-6H3,(H12-,58,59,60,61,62,63,64,66,67,70,71,72,77,83,84,85,86,87,88)/p+1/t21-,23-,24-,25+,26+,27+,32?,33?,37+,38+,39?,40?,41?,42?,43+,44?,45?,54?,55?/m1/s1. The number of nitrogens with two attached hydrogens (primary N) is 5. The normalized spacial score (nSPS) is 24.0. The van der Waals surface area contributed by atoms with Gasteiger partial charge in [0.1, 0.15) is 100 Å². The number of carbonyl (C=O) groups excluding carboxylic acids is 8. The number of aliphatic hydroxyl groups excluding tert-OH is 8. The van der Waals surface area contributed by atoms with Crippen LogP contribution in [0.2, 0.25) is 0 Å². The van der Waals surface area contributed by atoms with Crippen LogP contribution in [0.1, 0.15) is 95.2 Å². The van der Waals surface area contributed by atoms with E-state index in [0.29, 0.717) is 22.3 Å². The molecule has 2 aliphatic rings. The molecule has 24 N–H and O–H groups in total. The third-order valence-corrected chi connectivity index (χ3v) is 18.5. The summed E-state index contributed by atoms with van der Waals surface area (Å²) >= 11 is 2.55. The van der Waals surface area contributed by atoms with Crippen molar-refractivity contribution in [3.05, 3.63) is 56.8 Å². The van der Waals surface area contributed by atoms with Gasteiger partial charge in [-0.15, -0.1) is 22.7 Å². The Hall–Kier alpha value is -7.10. The first kappa shape index (κ1) is 77.9. The summed E-state index contributed by atoms with van der Waals surface area (Å²) in [4.78, 5) is 131. The number of aliphatic hydroxyl groups is 8. The van der Waals surface area contributed by atoms with Crippen LogP contribution in [0.4, 0.5) is 10.6 Å². The second kappa shape index (κ2) is 35.9. The summed E-state index contributed by atoms with van der Waals surface area (Å²) in [7, 11) is 0.257. The maximum absolute atomic E-state index is 15.2. The van der Waals surface area contributed by atoms with Gasteiger partial charge in [-0.2, -0.15) is 0 Å². The van der Waals surface area contributed by atoms with E-state index in [9.17, 15) is 74.4 Å². The number of H-pyrrole nitrogens is 1. The van der Waals surface area contributed by atoms with E-state index in [1.54, 1.807) is 10.8 Å². The zero-order valence-electron chi connectivity index (χ0n) is 53.1. The molecule has 0 spiro atoms. The van der Waals surface area contributed by atoms with Crippen molar-refractivity contribution < 1.29 is 103 Å². The number of hydrogen-bond donors (Lipinski definition) is 19. The predicted octanol–water partition coefficient (Wildman–Crippen LogP) is -6.61. The van der Waals surface area contributed by atoms with Crippen molar-refractivity contribution >= 4 is 86.7 Å². The number of amides is 7. The minimum Gasteiger partial charge on any atom is -0.441 e. The van der Waals surface area contributed by atoms with E-state index in [1.807, 2.05) is 0 Å². The van der Waals surface area contributed by atoms with E-state index in [-0.39, 0.29) is 64.9 Å². The first-order valence-corrected chi connectivity index (χ1v) is 34.0. The van der Waals surface area contributed by atoms with Gasteiger partial charge in [0.2, 0.25) is 23.6 Å². The van der Waals surface area contributed by atoms with Crippen LogP contribution in [0.3, 0.4) is 0 Å². The molecule has 2 fully saturated rings. The van der Waals surface area contributed by atoms with E-state index >= 15 is 4.79 Å². The summed E-state index contributed by atoms with van der Waals surface area (Å²) in [6.45, 7) is 3.39. The Kier molecular flexibility index (Phi) is 29.2. The molecule has 0 aliphatic carbocycles. The number of rotatable bonds is 36. The Morgan fingerprint density at radius 3 is 2.11 bits per heavy atom. The number of hydrogen-bond acceptors (Lipinski definition) is 31. The summed E-state index contributed by atoms with van der Waals surface area (Å²) in [5.41, 5.74) is 28.1. The zero-order chi connectivity index (χ0) is 71.0. The number of Topliss-reactive ketones (excluding diaryl/α,β-unsaturated/α-hetero) is 1. The van der Waals surface area contributed by atoms with Crippen LogP contribution >= 0.6 is 22.7 Å². The maximum atomic E-state index is 15.2. The minimum atomic E-state index is -2.19. The predicted molar refractivity (Wildman–Crippen MR) is 340 cm³/mol. The highest BCUT2D eigenvalue weighted by Crippen LogP contribution is 2.35. The number of carbonyl (C=O) groups is 8. The van der Waals surface area contributed by atoms with Crippen LogP contribution < -0.4 is 55.3 Å². The molecule has 0 saturated carbocycles. The smallest absolute Gasteiger partial charge is 0.404 e. The fourth-order valence-corrected chi connectivity index (χ4v) is 12.4. The van der Waals surface area contributed by atoms with E-state index in [1.165, 1.54) is 50.4 Å². The van der Waals surface area contributed by atoms with Crippen molar-refractivity contribution in [3.8, 4) is 10.7 Å². The molecule has 4 aromatic heterocycles. The number of primary amides is 3. The number of aromatic nitrogens is 6. The number of thiazole rings is 2. The minimum absolute atomic E-state index is 0.0350. The van der Waals surface area contributed by atoms with E-state index in [2.05, 4.69) is 69.0 Å². The average molecular weight is 1410 g/mol. The molecule has 96 heavy (non-hydrogen) atoms. The highest BCUT2D eigenvalue weighted by molar-refractivity contribution is 7.95. The third-order valence-electron chi connectivity index (χ3n) is 15.7. The van der Waals surface area contributed by atoms with E-state index in [0.717, 1.165) is 24.7 Å². The lowest BCUT2D eigenvalue weighted by Crippen LogP contribution is -2.65. The van der Waals surface area contributed by atoms with Gasteiger partial charge in [-0.25, -0.2) is 29.7 Å². The SMILES string of the molecule is Cc1c(N)nc([C@H](CC(N)=O)NC[C@H](N)C(N)=O)nc1C(=O)N[C@H](C(=O)N[C@H](C)[C@@H](O)[C@H](C)C(=O)C[C@H](C(=O)NCCc1nc(-c2nc(C(=O)NCCC[S+](C)C)cs2)cs1)[C@@H](C)O)[C@@H](OC1OC(CO)C(O)C(O)C1OC1OC(CO)C(O)C(OC(N)=O)C1O)c1cnc[nH]1. The molecule has 19 atom stereocenters. The van der Waals surface area contributed by atoms with Gasteiger partial charge in [0, 0.05) is 67.6 Å². The summed E-state index contributed by atoms with van der Waals surface area (Å²) in [5.74, 6) is -8.49. The summed E-state index contributed by atoms with van der Waals surface area (Å²) in [6.07, 6.45) is -20.3. The van der Waals surface area contributed by atoms with Crippen molar-refractivity contribution in [1.29, 1.82) is 0 Å². The molecule has 6 rings (SSSR count). The lowest BCUT2D eigenvalue weighted by Gasteiger charge is -2.47. The van der Waals surface area contributed by atoms with Gasteiger partial charge in [-0.05, 0) is 31.7 Å². The van der Waals surface area contributed by atoms with Crippen LogP contribution in [0.5, 0.6) is 0 Å².